The van der Waals surface area contributed by atoms with E-state index in [0.717, 1.165) is 19.3 Å². The van der Waals surface area contributed by atoms with E-state index in [4.69, 9.17) is 0 Å². The number of carbonyl (C=O) groups excluding carboxylic acids is 2. The summed E-state index contributed by atoms with van der Waals surface area (Å²) in [5.74, 6) is -0.174. The van der Waals surface area contributed by atoms with Gasteiger partial charge in [-0.05, 0) is 72.8 Å². The Bertz CT molecular complexity index is 676. The van der Waals surface area contributed by atoms with Crippen LogP contribution in [0.15, 0.2) is 41.1 Å². The first-order valence-corrected chi connectivity index (χ1v) is 8.79. The summed E-state index contributed by atoms with van der Waals surface area (Å²) in [6.07, 6.45) is 2.94. The fraction of sp³-hybridized carbons (Fsp3) is 0.333. The van der Waals surface area contributed by atoms with E-state index in [1.165, 1.54) is 5.56 Å². The second-order valence-corrected chi connectivity index (χ2v) is 6.82. The minimum atomic E-state index is -0.109. The Morgan fingerprint density at radius 3 is 2.35 bits per heavy atom. The average Bonchev–Trinajstić information content (AvgIpc) is 3.21. The summed E-state index contributed by atoms with van der Waals surface area (Å²) in [5.41, 5.74) is 2.40. The highest BCUT2D eigenvalue weighted by atomic mass is 32.1. The molecule has 5 heteroatoms. The van der Waals surface area contributed by atoms with E-state index in [-0.39, 0.29) is 17.9 Å². The second kappa shape index (κ2) is 6.96. The number of nitrogens with one attached hydrogen (secondary N) is 2. The largest absolute Gasteiger partial charge is 0.349 e. The van der Waals surface area contributed by atoms with Crippen LogP contribution >= 0.6 is 11.3 Å². The third kappa shape index (κ3) is 4.42. The van der Waals surface area contributed by atoms with E-state index >= 15 is 0 Å². The highest BCUT2D eigenvalue weighted by Gasteiger charge is 2.23. The van der Waals surface area contributed by atoms with Gasteiger partial charge in [0, 0.05) is 23.2 Å². The van der Waals surface area contributed by atoms with Gasteiger partial charge in [-0.2, -0.15) is 11.3 Å². The van der Waals surface area contributed by atoms with Crippen LogP contribution in [-0.2, 0) is 6.42 Å². The Morgan fingerprint density at radius 2 is 1.78 bits per heavy atom. The van der Waals surface area contributed by atoms with E-state index in [1.54, 1.807) is 35.6 Å². The molecule has 0 radical (unpaired) electrons. The third-order valence-corrected chi connectivity index (χ3v) is 4.55. The quantitative estimate of drug-likeness (QED) is 0.856. The highest BCUT2D eigenvalue weighted by molar-refractivity contribution is 7.07. The Hall–Kier alpha value is -2.14. The van der Waals surface area contributed by atoms with Crippen molar-refractivity contribution in [3.8, 4) is 0 Å². The molecule has 2 N–H and O–H groups in total. The SMILES string of the molecule is C[C@@H](Cc1ccsc1)NC(=O)c1ccc(C(=O)NC2CC2)cc1. The van der Waals surface area contributed by atoms with Gasteiger partial charge in [0.1, 0.15) is 0 Å². The maximum atomic E-state index is 12.2. The highest BCUT2D eigenvalue weighted by Crippen LogP contribution is 2.19. The zero-order valence-electron chi connectivity index (χ0n) is 13.0. The molecule has 1 heterocycles. The van der Waals surface area contributed by atoms with Crippen molar-refractivity contribution < 1.29 is 9.59 Å². The fourth-order valence-electron chi connectivity index (χ4n) is 2.39. The number of benzene rings is 1. The fourth-order valence-corrected chi connectivity index (χ4v) is 3.07. The van der Waals surface area contributed by atoms with Gasteiger partial charge in [0.25, 0.3) is 11.8 Å². The van der Waals surface area contributed by atoms with Crippen LogP contribution < -0.4 is 10.6 Å². The van der Waals surface area contributed by atoms with Crippen LogP contribution in [0.4, 0.5) is 0 Å². The van der Waals surface area contributed by atoms with E-state index in [2.05, 4.69) is 22.1 Å². The van der Waals surface area contributed by atoms with Gasteiger partial charge in [-0.1, -0.05) is 0 Å². The molecule has 0 aliphatic heterocycles. The Kier molecular flexibility index (Phi) is 4.76. The van der Waals surface area contributed by atoms with Crippen molar-refractivity contribution in [2.75, 3.05) is 0 Å². The normalized spacial score (nSPS) is 15.0. The summed E-state index contributed by atoms with van der Waals surface area (Å²) in [7, 11) is 0. The van der Waals surface area contributed by atoms with Crippen LogP contribution in [-0.4, -0.2) is 23.9 Å². The zero-order chi connectivity index (χ0) is 16.2. The first-order valence-electron chi connectivity index (χ1n) is 7.84. The maximum absolute atomic E-state index is 12.2. The summed E-state index contributed by atoms with van der Waals surface area (Å²) >= 11 is 1.66. The van der Waals surface area contributed by atoms with Crippen molar-refractivity contribution in [3.63, 3.8) is 0 Å². The molecule has 2 amide bonds. The number of hydrogen-bond donors (Lipinski definition) is 2. The summed E-state index contributed by atoms with van der Waals surface area (Å²) < 4.78 is 0. The predicted octanol–water partition coefficient (Wildman–Crippen LogP) is 3.00. The van der Waals surface area contributed by atoms with Gasteiger partial charge in [0.15, 0.2) is 0 Å². The zero-order valence-corrected chi connectivity index (χ0v) is 13.9. The van der Waals surface area contributed by atoms with Gasteiger partial charge < -0.3 is 10.6 Å². The third-order valence-electron chi connectivity index (χ3n) is 3.82. The van der Waals surface area contributed by atoms with Crippen LogP contribution in [0.1, 0.15) is 46.0 Å². The van der Waals surface area contributed by atoms with E-state index in [0.29, 0.717) is 17.2 Å². The monoisotopic (exact) mass is 328 g/mol. The van der Waals surface area contributed by atoms with E-state index in [9.17, 15) is 9.59 Å². The van der Waals surface area contributed by atoms with Gasteiger partial charge in [0.05, 0.1) is 0 Å². The molecule has 1 aromatic carbocycles. The molecule has 0 spiro atoms. The molecule has 23 heavy (non-hydrogen) atoms. The number of hydrogen-bond acceptors (Lipinski definition) is 3. The molecule has 0 unspecified atom stereocenters. The topological polar surface area (TPSA) is 58.2 Å². The molecule has 1 atom stereocenters. The molecule has 120 valence electrons. The minimum absolute atomic E-state index is 0.0646. The van der Waals surface area contributed by atoms with Gasteiger partial charge in [0.2, 0.25) is 0 Å². The standard InChI is InChI=1S/C18H20N2O2S/c1-12(10-13-8-9-23-11-13)19-17(21)14-2-4-15(5-3-14)18(22)20-16-6-7-16/h2-5,8-9,11-12,16H,6-7,10H2,1H3,(H,19,21)(H,20,22)/t12-/m0/s1. The number of rotatable bonds is 6. The first kappa shape index (κ1) is 15.7. The molecular weight excluding hydrogens is 308 g/mol. The lowest BCUT2D eigenvalue weighted by molar-refractivity contribution is 0.0932. The van der Waals surface area contributed by atoms with Crippen molar-refractivity contribution in [1.82, 2.24) is 10.6 Å². The predicted molar refractivity (Wildman–Crippen MR) is 91.9 cm³/mol. The van der Waals surface area contributed by atoms with E-state index in [1.807, 2.05) is 12.3 Å². The average molecular weight is 328 g/mol. The lowest BCUT2D eigenvalue weighted by Crippen LogP contribution is -2.34. The van der Waals surface area contributed by atoms with Gasteiger partial charge in [-0.15, -0.1) is 0 Å². The van der Waals surface area contributed by atoms with Crippen LogP contribution in [0.5, 0.6) is 0 Å². The van der Waals surface area contributed by atoms with Gasteiger partial charge in [-0.25, -0.2) is 0 Å². The van der Waals surface area contributed by atoms with Gasteiger partial charge >= 0.3 is 0 Å². The summed E-state index contributed by atoms with van der Waals surface area (Å²) in [4.78, 5) is 24.2. The molecule has 3 rings (SSSR count). The van der Waals surface area contributed by atoms with Crippen molar-refractivity contribution in [1.29, 1.82) is 0 Å². The van der Waals surface area contributed by atoms with Crippen molar-refractivity contribution in [2.24, 2.45) is 0 Å². The smallest absolute Gasteiger partial charge is 0.251 e. The van der Waals surface area contributed by atoms with Crippen molar-refractivity contribution in [2.45, 2.75) is 38.3 Å². The molecule has 1 saturated carbocycles. The number of carbonyl (C=O) groups is 2. The Balaban J connectivity index is 1.55. The van der Waals surface area contributed by atoms with Crippen LogP contribution in [0.3, 0.4) is 0 Å². The van der Waals surface area contributed by atoms with Crippen molar-refractivity contribution >= 4 is 23.2 Å². The Morgan fingerprint density at radius 1 is 1.13 bits per heavy atom. The van der Waals surface area contributed by atoms with Crippen LogP contribution in [0.25, 0.3) is 0 Å². The molecule has 1 aliphatic carbocycles. The second-order valence-electron chi connectivity index (χ2n) is 6.04. The molecule has 1 aromatic heterocycles. The molecule has 4 nitrogen and oxygen atoms in total. The van der Waals surface area contributed by atoms with Gasteiger partial charge in [-0.3, -0.25) is 9.59 Å². The Labute approximate surface area is 139 Å². The molecule has 0 bridgehead atoms. The molecule has 0 saturated heterocycles. The lowest BCUT2D eigenvalue weighted by atomic mass is 10.1. The first-order chi connectivity index (χ1) is 11.1. The molecular formula is C18H20N2O2S. The maximum Gasteiger partial charge on any atom is 0.251 e. The van der Waals surface area contributed by atoms with Crippen LogP contribution in [0, 0.1) is 0 Å². The number of amides is 2. The summed E-state index contributed by atoms with van der Waals surface area (Å²) in [6.45, 7) is 1.99. The minimum Gasteiger partial charge on any atom is -0.349 e. The van der Waals surface area contributed by atoms with Crippen LogP contribution in [0.2, 0.25) is 0 Å². The molecule has 1 fully saturated rings. The number of thiophene rings is 1. The van der Waals surface area contributed by atoms with Crippen molar-refractivity contribution in [3.05, 3.63) is 57.8 Å². The summed E-state index contributed by atoms with van der Waals surface area (Å²) in [5, 5.41) is 10.1. The molecule has 1 aliphatic rings. The van der Waals surface area contributed by atoms with E-state index < -0.39 is 0 Å². The molecule has 2 aromatic rings. The summed E-state index contributed by atoms with van der Waals surface area (Å²) in [6, 6.07) is 9.29. The lowest BCUT2D eigenvalue weighted by Gasteiger charge is -2.13.